The molecule has 8 aliphatic carbocycles. The number of hydrogen-bond acceptors (Lipinski definition) is 6. The molecule has 6 nitrogen and oxygen atoms in total. The van der Waals surface area contributed by atoms with Gasteiger partial charge in [-0.1, -0.05) is 26.0 Å². The Bertz CT molecular complexity index is 2130. The van der Waals surface area contributed by atoms with Crippen LogP contribution in [-0.2, 0) is 16.0 Å². The minimum atomic E-state index is -1.41. The standard InChI is InChI=1S/C54H72F4N2O4/c1-49(63)22-24-53(57)33(28-49)8-11-36-38-13-15-42(50(38,2)20-18-40(36)53)47(61)30-59-35-10-17-44(55)32(26-35)27-52(64)23-25-54(58)34(29-52)9-12-37-39-14-16-43(51(39,3)21-19-41(37)54)48(62)31-60-46-7-5-4-6-45(46)56/h4-7,10,17,26,33-34,36-43,59-60,63-64H,8-9,11-16,18-25,27-31H2,1-3H3/t33-,34-,36+,37+,38+,39+,40+,41+,42-,43-,49-,50+,51+,52+,53-,54-/m1/s1. The van der Waals surface area contributed by atoms with Gasteiger partial charge >= 0.3 is 0 Å². The van der Waals surface area contributed by atoms with Gasteiger partial charge in [0.05, 0.1) is 30.0 Å². The lowest BCUT2D eigenvalue weighted by molar-refractivity contribution is -0.168. The van der Waals surface area contributed by atoms with Crippen LogP contribution in [-0.4, -0.2) is 57.4 Å². The fraction of sp³-hybridized carbons (Fsp3) is 0.741. The molecule has 10 heteroatoms. The van der Waals surface area contributed by atoms with Gasteiger partial charge in [-0.15, -0.1) is 0 Å². The fourth-order valence-corrected chi connectivity index (χ4v) is 17.5. The molecule has 8 saturated carbocycles. The summed E-state index contributed by atoms with van der Waals surface area (Å²) in [6, 6.07) is 11.2. The first-order chi connectivity index (χ1) is 30.4. The molecule has 2 aromatic carbocycles. The predicted octanol–water partition coefficient (Wildman–Crippen LogP) is 11.4. The number of para-hydroxylation sites is 1. The largest absolute Gasteiger partial charge is 0.390 e. The Hall–Kier alpha value is -2.98. The van der Waals surface area contributed by atoms with Gasteiger partial charge < -0.3 is 20.8 Å². The molecule has 0 spiro atoms. The van der Waals surface area contributed by atoms with Crippen LogP contribution in [0.1, 0.15) is 142 Å². The van der Waals surface area contributed by atoms with Gasteiger partial charge in [0, 0.05) is 23.9 Å². The quantitative estimate of drug-likeness (QED) is 0.177. The van der Waals surface area contributed by atoms with E-state index >= 15 is 13.2 Å². The Labute approximate surface area is 377 Å². The van der Waals surface area contributed by atoms with Crippen molar-refractivity contribution in [2.75, 3.05) is 23.7 Å². The summed E-state index contributed by atoms with van der Waals surface area (Å²) in [5, 5.41) is 29.2. The van der Waals surface area contributed by atoms with Crippen molar-refractivity contribution in [1.82, 2.24) is 0 Å². The van der Waals surface area contributed by atoms with E-state index in [9.17, 15) is 24.2 Å². The average Bonchev–Trinajstić information content (AvgIpc) is 3.81. The van der Waals surface area contributed by atoms with Crippen molar-refractivity contribution in [3.05, 3.63) is 59.7 Å². The number of Topliss-reactive ketones (excluding diaryl/α,β-unsaturated/α-hetero) is 2. The summed E-state index contributed by atoms with van der Waals surface area (Å²) in [5.41, 5.74) is -3.73. The normalized spacial score (nSPS) is 45.8. The molecule has 0 unspecified atom stereocenters. The van der Waals surface area contributed by atoms with Crippen LogP contribution in [0.3, 0.4) is 0 Å². The number of fused-ring (bicyclic) bond motifs is 10. The molecule has 0 aliphatic heterocycles. The molecular weight excluding hydrogens is 817 g/mol. The number of rotatable bonds is 10. The number of hydrogen-bond donors (Lipinski definition) is 4. The first kappa shape index (κ1) is 44.8. The Kier molecular flexibility index (Phi) is 11.3. The van der Waals surface area contributed by atoms with Crippen LogP contribution in [0.15, 0.2) is 42.5 Å². The molecule has 0 heterocycles. The second kappa shape index (κ2) is 16.1. The molecule has 350 valence electrons. The fourth-order valence-electron chi connectivity index (χ4n) is 17.5. The Morgan fingerprint density at radius 2 is 1.17 bits per heavy atom. The van der Waals surface area contributed by atoms with E-state index in [2.05, 4.69) is 24.5 Å². The van der Waals surface area contributed by atoms with Crippen LogP contribution in [0, 0.1) is 81.6 Å². The van der Waals surface area contributed by atoms with Crippen molar-refractivity contribution in [3.8, 4) is 0 Å². The van der Waals surface area contributed by atoms with Crippen LogP contribution in [0.25, 0.3) is 0 Å². The molecule has 0 saturated heterocycles. The van der Waals surface area contributed by atoms with Crippen LogP contribution in [0.5, 0.6) is 0 Å². The van der Waals surface area contributed by atoms with Gasteiger partial charge in [0.1, 0.15) is 23.0 Å². The SMILES string of the molecule is C[C@@]1(O)CC[C@@]2(F)[C@H](CC[C@H]3[C@@H]4CC[C@H](C(=O)CNc5ccc(F)c(C[C@@]6(O)CC[C@@]7(F)[C@H](CC[C@H]8[C@@H]9CC[C@H](C(=O)CNc%10ccccc%10F)[C@@]9(C)CC[C@@H]87)C6)c5)[C@@]4(C)CC[C@@H]32)C1. The van der Waals surface area contributed by atoms with E-state index in [-0.39, 0.29) is 120 Å². The van der Waals surface area contributed by atoms with E-state index in [1.165, 1.54) is 12.1 Å². The van der Waals surface area contributed by atoms with E-state index < -0.39 is 28.4 Å². The molecular formula is C54H72F4N2O4. The van der Waals surface area contributed by atoms with Gasteiger partial charge in [-0.2, -0.15) is 0 Å². The highest BCUT2D eigenvalue weighted by Crippen LogP contribution is 2.68. The van der Waals surface area contributed by atoms with E-state index in [1.807, 2.05) is 6.92 Å². The van der Waals surface area contributed by atoms with Crippen molar-refractivity contribution < 1.29 is 37.4 Å². The monoisotopic (exact) mass is 889 g/mol. The summed E-state index contributed by atoms with van der Waals surface area (Å²) in [4.78, 5) is 27.7. The van der Waals surface area contributed by atoms with E-state index in [4.69, 9.17) is 0 Å². The third kappa shape index (κ3) is 7.39. The topological polar surface area (TPSA) is 98.7 Å². The molecule has 10 rings (SSSR count). The zero-order valence-corrected chi connectivity index (χ0v) is 38.4. The number of alkyl halides is 2. The summed E-state index contributed by atoms with van der Waals surface area (Å²) in [7, 11) is 0. The molecule has 8 fully saturated rings. The number of halogens is 4. The highest BCUT2D eigenvalue weighted by Gasteiger charge is 2.66. The van der Waals surface area contributed by atoms with Crippen molar-refractivity contribution in [2.24, 2.45) is 70.0 Å². The Balaban J connectivity index is 0.747. The van der Waals surface area contributed by atoms with Crippen molar-refractivity contribution in [1.29, 1.82) is 0 Å². The van der Waals surface area contributed by atoms with E-state index in [0.717, 1.165) is 64.2 Å². The molecule has 2 aromatic rings. The predicted molar refractivity (Wildman–Crippen MR) is 241 cm³/mol. The average molecular weight is 889 g/mol. The maximum Gasteiger partial charge on any atom is 0.155 e. The molecule has 8 aliphatic rings. The second-order valence-corrected chi connectivity index (χ2v) is 23.7. The van der Waals surface area contributed by atoms with Crippen LogP contribution < -0.4 is 10.6 Å². The van der Waals surface area contributed by atoms with Crippen LogP contribution in [0.4, 0.5) is 28.9 Å². The minimum absolute atomic E-state index is 0.00605. The van der Waals surface area contributed by atoms with E-state index in [0.29, 0.717) is 55.0 Å². The lowest BCUT2D eigenvalue weighted by Crippen LogP contribution is -2.59. The molecule has 0 aromatic heterocycles. The number of carbonyl (C=O) groups is 2. The number of benzene rings is 2. The summed E-state index contributed by atoms with van der Waals surface area (Å²) in [6.45, 7) is 6.54. The van der Waals surface area contributed by atoms with Crippen LogP contribution >= 0.6 is 0 Å². The zero-order chi connectivity index (χ0) is 45.0. The van der Waals surface area contributed by atoms with Crippen molar-refractivity contribution in [3.63, 3.8) is 0 Å². The summed E-state index contributed by atoms with van der Waals surface area (Å²) >= 11 is 0. The van der Waals surface area contributed by atoms with Gasteiger partial charge in [-0.05, 0) is 217 Å². The van der Waals surface area contributed by atoms with E-state index in [1.54, 1.807) is 30.3 Å². The van der Waals surface area contributed by atoms with Gasteiger partial charge in [0.2, 0.25) is 0 Å². The minimum Gasteiger partial charge on any atom is -0.390 e. The number of nitrogens with one attached hydrogen (secondary N) is 2. The summed E-state index contributed by atoms with van der Waals surface area (Å²) < 4.78 is 64.3. The van der Waals surface area contributed by atoms with Crippen LogP contribution in [0.2, 0.25) is 0 Å². The summed E-state index contributed by atoms with van der Waals surface area (Å²) in [6.07, 6.45) is 12.1. The van der Waals surface area contributed by atoms with Gasteiger partial charge in [0.25, 0.3) is 0 Å². The van der Waals surface area contributed by atoms with Gasteiger partial charge in [-0.25, -0.2) is 17.6 Å². The maximum absolute atomic E-state index is 17.6. The molecule has 0 radical (unpaired) electrons. The number of anilines is 2. The third-order valence-corrected chi connectivity index (χ3v) is 20.6. The first-order valence-corrected chi connectivity index (χ1v) is 25.2. The molecule has 4 N–H and O–H groups in total. The van der Waals surface area contributed by atoms with Gasteiger partial charge in [0.15, 0.2) is 11.6 Å². The highest BCUT2D eigenvalue weighted by molar-refractivity contribution is 5.87. The Morgan fingerprint density at radius 1 is 0.609 bits per heavy atom. The molecule has 0 amide bonds. The van der Waals surface area contributed by atoms with Crippen molar-refractivity contribution >= 4 is 22.9 Å². The Morgan fingerprint density at radius 3 is 1.78 bits per heavy atom. The molecule has 64 heavy (non-hydrogen) atoms. The second-order valence-electron chi connectivity index (χ2n) is 23.7. The summed E-state index contributed by atoms with van der Waals surface area (Å²) in [5.74, 6) is -0.318. The van der Waals surface area contributed by atoms with Crippen molar-refractivity contribution in [2.45, 2.75) is 165 Å². The highest BCUT2D eigenvalue weighted by atomic mass is 19.2. The van der Waals surface area contributed by atoms with Gasteiger partial charge in [-0.3, -0.25) is 9.59 Å². The first-order valence-electron chi connectivity index (χ1n) is 25.2. The smallest absolute Gasteiger partial charge is 0.155 e. The lowest BCUT2D eigenvalue weighted by atomic mass is 9.47. The molecule has 16 atom stereocenters. The maximum atomic E-state index is 17.6. The third-order valence-electron chi connectivity index (χ3n) is 20.6. The number of ketones is 2. The zero-order valence-electron chi connectivity index (χ0n) is 38.4. The lowest BCUT2D eigenvalue weighted by Gasteiger charge is -2.59. The number of carbonyl (C=O) groups excluding carboxylic acids is 2. The number of aliphatic hydroxyl groups is 2. The molecule has 0 bridgehead atoms.